The lowest BCUT2D eigenvalue weighted by molar-refractivity contribution is 0.179. The van der Waals surface area contributed by atoms with E-state index in [4.69, 9.17) is 0 Å². The summed E-state index contributed by atoms with van der Waals surface area (Å²) in [4.78, 5) is 21.3. The predicted octanol–water partition coefficient (Wildman–Crippen LogP) is 2.79. The second kappa shape index (κ2) is 9.97. The number of nitrogens with zero attached hydrogens (tertiary/aromatic N) is 3. The van der Waals surface area contributed by atoms with Gasteiger partial charge >= 0.3 is 6.03 Å². The zero-order valence-electron chi connectivity index (χ0n) is 17.5. The molecule has 2 N–H and O–H groups in total. The van der Waals surface area contributed by atoms with Crippen LogP contribution in [-0.2, 0) is 16.6 Å². The molecule has 8 nitrogen and oxygen atoms in total. The van der Waals surface area contributed by atoms with Crippen LogP contribution in [0.5, 0.6) is 0 Å². The first-order chi connectivity index (χ1) is 15.0. The van der Waals surface area contributed by atoms with Gasteiger partial charge in [0, 0.05) is 50.5 Å². The molecule has 10 heteroatoms. The first-order valence-electron chi connectivity index (χ1n) is 10.8. The van der Waals surface area contributed by atoms with Gasteiger partial charge in [-0.1, -0.05) is 12.1 Å². The molecule has 0 atom stereocenters. The Morgan fingerprint density at radius 3 is 2.58 bits per heavy atom. The molecule has 31 heavy (non-hydrogen) atoms. The second-order valence-corrected chi connectivity index (χ2v) is 10.9. The number of sulfonamides is 1. The van der Waals surface area contributed by atoms with E-state index in [9.17, 15) is 13.2 Å². The minimum Gasteiger partial charge on any atom is -0.356 e. The van der Waals surface area contributed by atoms with Gasteiger partial charge in [0.15, 0.2) is 0 Å². The topological polar surface area (TPSA) is 94.6 Å². The SMILES string of the molecule is O=C(NCc1cccnc1N1CCCCC1)N1CCC(NS(=O)(=O)c2cccs2)CC1. The summed E-state index contributed by atoms with van der Waals surface area (Å²) in [5.74, 6) is 0.962. The van der Waals surface area contributed by atoms with Crippen LogP contribution in [0, 0.1) is 0 Å². The number of anilines is 1. The van der Waals surface area contributed by atoms with Gasteiger partial charge in [-0.3, -0.25) is 0 Å². The fourth-order valence-electron chi connectivity index (χ4n) is 4.14. The molecule has 2 aliphatic rings. The van der Waals surface area contributed by atoms with Crippen LogP contribution >= 0.6 is 11.3 Å². The molecule has 4 heterocycles. The summed E-state index contributed by atoms with van der Waals surface area (Å²) in [5, 5.41) is 4.77. The van der Waals surface area contributed by atoms with E-state index in [1.807, 2.05) is 12.1 Å². The fraction of sp³-hybridized carbons (Fsp3) is 0.524. The summed E-state index contributed by atoms with van der Waals surface area (Å²) < 4.78 is 27.9. The van der Waals surface area contributed by atoms with Crippen molar-refractivity contribution in [2.75, 3.05) is 31.1 Å². The maximum Gasteiger partial charge on any atom is 0.317 e. The van der Waals surface area contributed by atoms with Gasteiger partial charge in [-0.15, -0.1) is 11.3 Å². The van der Waals surface area contributed by atoms with Crippen molar-refractivity contribution in [3.05, 3.63) is 41.4 Å². The van der Waals surface area contributed by atoms with Crippen molar-refractivity contribution in [1.82, 2.24) is 19.9 Å². The van der Waals surface area contributed by atoms with Crippen molar-refractivity contribution in [3.63, 3.8) is 0 Å². The number of rotatable bonds is 6. The van der Waals surface area contributed by atoms with E-state index in [0.29, 0.717) is 36.7 Å². The Hall–Kier alpha value is -2.17. The number of aromatic nitrogens is 1. The van der Waals surface area contributed by atoms with Crippen molar-refractivity contribution in [2.45, 2.75) is 48.9 Å². The molecule has 2 aliphatic heterocycles. The Morgan fingerprint density at radius 1 is 1.10 bits per heavy atom. The highest BCUT2D eigenvalue weighted by Crippen LogP contribution is 2.22. The first kappa shape index (κ1) is 22.0. The van der Waals surface area contributed by atoms with Crippen molar-refractivity contribution in [3.8, 4) is 0 Å². The van der Waals surface area contributed by atoms with Crippen molar-refractivity contribution in [1.29, 1.82) is 0 Å². The number of hydrogen-bond donors (Lipinski definition) is 2. The third-order valence-corrected chi connectivity index (χ3v) is 8.74. The zero-order chi connectivity index (χ0) is 21.7. The summed E-state index contributed by atoms with van der Waals surface area (Å²) in [6, 6.07) is 6.98. The minimum absolute atomic E-state index is 0.118. The van der Waals surface area contributed by atoms with Gasteiger partial charge in [-0.05, 0) is 49.6 Å². The average Bonchev–Trinajstić information content (AvgIpc) is 3.35. The summed E-state index contributed by atoms with van der Waals surface area (Å²) >= 11 is 1.21. The van der Waals surface area contributed by atoms with Gasteiger partial charge in [0.2, 0.25) is 10.0 Å². The van der Waals surface area contributed by atoms with E-state index in [1.165, 1.54) is 30.6 Å². The second-order valence-electron chi connectivity index (χ2n) is 8.01. The van der Waals surface area contributed by atoms with Crippen molar-refractivity contribution in [2.24, 2.45) is 0 Å². The molecule has 0 spiro atoms. The Labute approximate surface area is 187 Å². The quantitative estimate of drug-likeness (QED) is 0.687. The highest BCUT2D eigenvalue weighted by atomic mass is 32.2. The molecule has 4 rings (SSSR count). The van der Waals surface area contributed by atoms with E-state index in [-0.39, 0.29) is 12.1 Å². The molecule has 0 aromatic carbocycles. The van der Waals surface area contributed by atoms with E-state index in [2.05, 4.69) is 19.9 Å². The Kier molecular flexibility index (Phi) is 7.09. The molecule has 2 fully saturated rings. The van der Waals surface area contributed by atoms with Gasteiger partial charge in [0.25, 0.3) is 0 Å². The van der Waals surface area contributed by atoms with E-state index < -0.39 is 10.0 Å². The minimum atomic E-state index is -3.48. The fourth-order valence-corrected chi connectivity index (χ4v) is 6.45. The maximum absolute atomic E-state index is 12.7. The Bertz CT molecular complexity index is 967. The predicted molar refractivity (Wildman–Crippen MR) is 122 cm³/mol. The number of amides is 2. The van der Waals surface area contributed by atoms with Gasteiger partial charge in [-0.25, -0.2) is 22.9 Å². The summed E-state index contributed by atoms with van der Waals surface area (Å²) in [7, 11) is -3.48. The summed E-state index contributed by atoms with van der Waals surface area (Å²) in [6.45, 7) is 3.49. The summed E-state index contributed by atoms with van der Waals surface area (Å²) in [6.07, 6.45) is 6.61. The molecule has 0 bridgehead atoms. The molecular weight excluding hydrogens is 434 g/mol. The van der Waals surface area contributed by atoms with Crippen molar-refractivity contribution < 1.29 is 13.2 Å². The lowest BCUT2D eigenvalue weighted by Crippen LogP contribution is -2.49. The van der Waals surface area contributed by atoms with Crippen LogP contribution in [0.3, 0.4) is 0 Å². The lowest BCUT2D eigenvalue weighted by atomic mass is 10.1. The molecule has 2 aromatic rings. The Morgan fingerprint density at radius 2 is 1.87 bits per heavy atom. The third-order valence-electron chi connectivity index (χ3n) is 5.82. The van der Waals surface area contributed by atoms with E-state index in [1.54, 1.807) is 28.6 Å². The molecule has 0 unspecified atom stereocenters. The largest absolute Gasteiger partial charge is 0.356 e. The van der Waals surface area contributed by atoms with E-state index >= 15 is 0 Å². The standard InChI is InChI=1S/C21H29N5O3S2/c27-21(23-16-17-6-4-10-22-20(17)25-11-2-1-3-12-25)26-13-8-18(9-14-26)24-31(28,29)19-7-5-15-30-19/h4-7,10,15,18,24H,1-3,8-9,11-14,16H2,(H,23,27). The zero-order valence-corrected chi connectivity index (χ0v) is 19.1. The van der Waals surface area contributed by atoms with Crippen LogP contribution in [0.2, 0.25) is 0 Å². The lowest BCUT2D eigenvalue weighted by Gasteiger charge is -2.32. The number of thiophene rings is 1. The number of carbonyl (C=O) groups is 1. The van der Waals surface area contributed by atoms with Gasteiger partial charge in [-0.2, -0.15) is 0 Å². The number of hydrogen-bond acceptors (Lipinski definition) is 6. The number of carbonyl (C=O) groups excluding carboxylic acids is 1. The highest BCUT2D eigenvalue weighted by Gasteiger charge is 2.27. The molecule has 168 valence electrons. The van der Waals surface area contributed by atoms with Crippen molar-refractivity contribution >= 4 is 33.2 Å². The van der Waals surface area contributed by atoms with Crippen LogP contribution in [0.1, 0.15) is 37.7 Å². The normalized spacial score (nSPS) is 18.2. The van der Waals surface area contributed by atoms with Crippen LogP contribution in [0.4, 0.5) is 10.6 Å². The van der Waals surface area contributed by atoms with Crippen LogP contribution < -0.4 is 14.9 Å². The molecule has 2 saturated heterocycles. The third kappa shape index (κ3) is 5.55. The molecule has 0 aliphatic carbocycles. The first-order valence-corrected chi connectivity index (χ1v) is 13.2. The number of likely N-dealkylation sites (tertiary alicyclic amines) is 1. The monoisotopic (exact) mass is 463 g/mol. The van der Waals surface area contributed by atoms with Crippen LogP contribution in [-0.4, -0.2) is 56.6 Å². The van der Waals surface area contributed by atoms with E-state index in [0.717, 1.165) is 24.5 Å². The molecule has 0 saturated carbocycles. The summed E-state index contributed by atoms with van der Waals surface area (Å²) in [5.41, 5.74) is 1.02. The number of pyridine rings is 1. The molecular formula is C21H29N5O3S2. The molecule has 0 radical (unpaired) electrons. The highest BCUT2D eigenvalue weighted by molar-refractivity contribution is 7.91. The Balaban J connectivity index is 1.27. The number of piperidine rings is 2. The van der Waals surface area contributed by atoms with Gasteiger partial charge in [0.1, 0.15) is 10.0 Å². The van der Waals surface area contributed by atoms with Gasteiger partial charge < -0.3 is 15.1 Å². The maximum atomic E-state index is 12.7. The molecule has 2 aromatic heterocycles. The smallest absolute Gasteiger partial charge is 0.317 e. The average molecular weight is 464 g/mol. The number of urea groups is 1. The molecule has 2 amide bonds. The number of nitrogens with one attached hydrogen (secondary N) is 2. The van der Waals surface area contributed by atoms with Crippen LogP contribution in [0.15, 0.2) is 40.1 Å². The van der Waals surface area contributed by atoms with Gasteiger partial charge in [0.05, 0.1) is 0 Å². The van der Waals surface area contributed by atoms with Crippen LogP contribution in [0.25, 0.3) is 0 Å².